The Hall–Kier alpha value is -2.37. The van der Waals surface area contributed by atoms with Crippen LogP contribution in [0.5, 0.6) is 0 Å². The van der Waals surface area contributed by atoms with Crippen LogP contribution in [-0.4, -0.2) is 59.0 Å². The minimum atomic E-state index is 0.0909. The van der Waals surface area contributed by atoms with E-state index in [4.69, 9.17) is 0 Å². The van der Waals surface area contributed by atoms with Crippen LogP contribution in [0.1, 0.15) is 32.6 Å². The second kappa shape index (κ2) is 8.40. The van der Waals surface area contributed by atoms with E-state index >= 15 is 0 Å². The first-order valence-electron chi connectivity index (χ1n) is 11.5. The Balaban J connectivity index is 1.24. The molecule has 0 radical (unpaired) electrons. The van der Waals surface area contributed by atoms with Crippen LogP contribution >= 0.6 is 0 Å². The summed E-state index contributed by atoms with van der Waals surface area (Å²) >= 11 is 0. The Bertz CT molecular complexity index is 1040. The standard InChI is InChI=1S/C25H32N4O/c1-2-29-23-8-4-3-7-21(23)22-17-19(9-10-24(22)29)26-25(30)18-27-15-11-20(12-16-27)28-13-5-6-14-28/h3-4,7-10,17,20H,2,5-6,11-16,18H2,1H3,(H,26,30). The molecule has 2 aliphatic rings. The van der Waals surface area contributed by atoms with E-state index in [1.807, 2.05) is 6.07 Å². The number of aryl methyl sites for hydroxylation is 1. The lowest BCUT2D eigenvalue weighted by Crippen LogP contribution is -2.45. The number of para-hydroxylation sites is 1. The molecule has 0 atom stereocenters. The number of aromatic nitrogens is 1. The normalized spacial score (nSPS) is 19.1. The van der Waals surface area contributed by atoms with Crippen molar-refractivity contribution in [2.45, 2.75) is 45.2 Å². The molecule has 158 valence electrons. The van der Waals surface area contributed by atoms with Crippen LogP contribution in [0.25, 0.3) is 21.8 Å². The quantitative estimate of drug-likeness (QED) is 0.689. The fourth-order valence-electron chi connectivity index (χ4n) is 5.43. The molecule has 2 aromatic carbocycles. The van der Waals surface area contributed by atoms with Gasteiger partial charge in [-0.3, -0.25) is 9.69 Å². The molecule has 1 aromatic heterocycles. The molecule has 1 N–H and O–H groups in total. The number of amides is 1. The molecular weight excluding hydrogens is 372 g/mol. The molecule has 3 heterocycles. The van der Waals surface area contributed by atoms with Crippen LogP contribution < -0.4 is 5.32 Å². The van der Waals surface area contributed by atoms with Gasteiger partial charge in [0.15, 0.2) is 0 Å². The molecule has 3 aromatic rings. The lowest BCUT2D eigenvalue weighted by molar-refractivity contribution is -0.117. The van der Waals surface area contributed by atoms with E-state index in [0.29, 0.717) is 6.54 Å². The predicted molar refractivity (Wildman–Crippen MR) is 124 cm³/mol. The Labute approximate surface area is 178 Å². The Kier molecular flexibility index (Phi) is 5.48. The highest BCUT2D eigenvalue weighted by atomic mass is 16.2. The zero-order valence-corrected chi connectivity index (χ0v) is 17.9. The summed E-state index contributed by atoms with van der Waals surface area (Å²) in [6.45, 7) is 8.18. The van der Waals surface area contributed by atoms with Crippen LogP contribution in [0.2, 0.25) is 0 Å². The van der Waals surface area contributed by atoms with Crippen molar-refractivity contribution < 1.29 is 4.79 Å². The lowest BCUT2D eigenvalue weighted by Gasteiger charge is -2.36. The van der Waals surface area contributed by atoms with Crippen molar-refractivity contribution in [2.75, 3.05) is 38.0 Å². The number of nitrogens with one attached hydrogen (secondary N) is 1. The highest BCUT2D eigenvalue weighted by Gasteiger charge is 2.27. The number of hydrogen-bond acceptors (Lipinski definition) is 3. The van der Waals surface area contributed by atoms with Gasteiger partial charge in [0.05, 0.1) is 6.54 Å². The number of carbonyl (C=O) groups excluding carboxylic acids is 1. The first kappa shape index (κ1) is 19.6. The van der Waals surface area contributed by atoms with Crippen molar-refractivity contribution in [3.63, 3.8) is 0 Å². The second-order valence-electron chi connectivity index (χ2n) is 8.79. The highest BCUT2D eigenvalue weighted by molar-refractivity contribution is 6.09. The van der Waals surface area contributed by atoms with Gasteiger partial charge in [0.1, 0.15) is 0 Å². The zero-order chi connectivity index (χ0) is 20.5. The van der Waals surface area contributed by atoms with Gasteiger partial charge in [-0.2, -0.15) is 0 Å². The third-order valence-electron chi connectivity index (χ3n) is 6.95. The predicted octanol–water partition coefficient (Wildman–Crippen LogP) is 4.31. The van der Waals surface area contributed by atoms with E-state index in [1.165, 1.54) is 60.6 Å². The molecule has 5 nitrogen and oxygen atoms in total. The van der Waals surface area contributed by atoms with Gasteiger partial charge in [-0.25, -0.2) is 0 Å². The van der Waals surface area contributed by atoms with Gasteiger partial charge in [0, 0.05) is 53.2 Å². The minimum absolute atomic E-state index is 0.0909. The van der Waals surface area contributed by atoms with Crippen molar-refractivity contribution in [2.24, 2.45) is 0 Å². The topological polar surface area (TPSA) is 40.5 Å². The molecule has 2 saturated heterocycles. The molecule has 0 aliphatic carbocycles. The van der Waals surface area contributed by atoms with E-state index in [-0.39, 0.29) is 5.91 Å². The van der Waals surface area contributed by atoms with E-state index in [2.05, 4.69) is 63.0 Å². The van der Waals surface area contributed by atoms with E-state index in [9.17, 15) is 4.79 Å². The second-order valence-corrected chi connectivity index (χ2v) is 8.79. The SMILES string of the molecule is CCn1c2ccccc2c2cc(NC(=O)CN3CCC(N4CCCC4)CC3)ccc21. The number of benzene rings is 2. The molecule has 0 bridgehead atoms. The van der Waals surface area contributed by atoms with E-state index in [1.54, 1.807) is 0 Å². The molecule has 2 aliphatic heterocycles. The summed E-state index contributed by atoms with van der Waals surface area (Å²) in [6.07, 6.45) is 5.08. The number of hydrogen-bond donors (Lipinski definition) is 1. The van der Waals surface area contributed by atoms with Crippen LogP contribution in [0.3, 0.4) is 0 Å². The number of anilines is 1. The Morgan fingerprint density at radius 1 is 0.967 bits per heavy atom. The first-order chi connectivity index (χ1) is 14.7. The Morgan fingerprint density at radius 2 is 1.70 bits per heavy atom. The molecule has 0 unspecified atom stereocenters. The highest BCUT2D eigenvalue weighted by Crippen LogP contribution is 2.31. The van der Waals surface area contributed by atoms with Gasteiger partial charge in [-0.05, 0) is 70.0 Å². The van der Waals surface area contributed by atoms with Crippen molar-refractivity contribution in [1.29, 1.82) is 0 Å². The summed E-state index contributed by atoms with van der Waals surface area (Å²) in [7, 11) is 0. The fraction of sp³-hybridized carbons (Fsp3) is 0.480. The Morgan fingerprint density at radius 3 is 2.47 bits per heavy atom. The summed E-state index contributed by atoms with van der Waals surface area (Å²) in [4.78, 5) is 17.7. The first-order valence-corrected chi connectivity index (χ1v) is 11.5. The fourth-order valence-corrected chi connectivity index (χ4v) is 5.43. The molecule has 1 amide bonds. The van der Waals surface area contributed by atoms with Crippen molar-refractivity contribution in [3.8, 4) is 0 Å². The maximum absolute atomic E-state index is 12.7. The summed E-state index contributed by atoms with van der Waals surface area (Å²) < 4.78 is 2.33. The summed E-state index contributed by atoms with van der Waals surface area (Å²) in [5.74, 6) is 0.0909. The van der Waals surface area contributed by atoms with Gasteiger partial charge >= 0.3 is 0 Å². The molecule has 0 saturated carbocycles. The molecule has 2 fully saturated rings. The number of fused-ring (bicyclic) bond motifs is 3. The molecule has 30 heavy (non-hydrogen) atoms. The number of carbonyl (C=O) groups is 1. The molecular formula is C25H32N4O. The molecule has 5 rings (SSSR count). The number of piperidine rings is 1. The molecule has 5 heteroatoms. The number of nitrogens with zero attached hydrogens (tertiary/aromatic N) is 3. The van der Waals surface area contributed by atoms with Gasteiger partial charge in [0.2, 0.25) is 5.91 Å². The van der Waals surface area contributed by atoms with Crippen LogP contribution in [0.15, 0.2) is 42.5 Å². The largest absolute Gasteiger partial charge is 0.341 e. The summed E-state index contributed by atoms with van der Waals surface area (Å²) in [5.41, 5.74) is 3.36. The van der Waals surface area contributed by atoms with Gasteiger partial charge in [-0.1, -0.05) is 18.2 Å². The average Bonchev–Trinajstić information content (AvgIpc) is 3.40. The third-order valence-corrected chi connectivity index (χ3v) is 6.95. The summed E-state index contributed by atoms with van der Waals surface area (Å²) in [5, 5.41) is 5.59. The lowest BCUT2D eigenvalue weighted by atomic mass is 10.0. The number of rotatable bonds is 5. The number of likely N-dealkylation sites (tertiary alicyclic amines) is 2. The zero-order valence-electron chi connectivity index (χ0n) is 17.9. The van der Waals surface area contributed by atoms with Crippen LogP contribution in [0, 0.1) is 0 Å². The van der Waals surface area contributed by atoms with Gasteiger partial charge < -0.3 is 14.8 Å². The van der Waals surface area contributed by atoms with E-state index < -0.39 is 0 Å². The smallest absolute Gasteiger partial charge is 0.238 e. The maximum Gasteiger partial charge on any atom is 0.238 e. The van der Waals surface area contributed by atoms with Crippen molar-refractivity contribution >= 4 is 33.4 Å². The van der Waals surface area contributed by atoms with Crippen LogP contribution in [-0.2, 0) is 11.3 Å². The van der Waals surface area contributed by atoms with Crippen molar-refractivity contribution in [3.05, 3.63) is 42.5 Å². The minimum Gasteiger partial charge on any atom is -0.341 e. The van der Waals surface area contributed by atoms with E-state index in [0.717, 1.165) is 31.4 Å². The average molecular weight is 405 g/mol. The van der Waals surface area contributed by atoms with Gasteiger partial charge in [-0.15, -0.1) is 0 Å². The molecule has 0 spiro atoms. The van der Waals surface area contributed by atoms with Crippen molar-refractivity contribution in [1.82, 2.24) is 14.4 Å². The van der Waals surface area contributed by atoms with Gasteiger partial charge in [0.25, 0.3) is 0 Å². The summed E-state index contributed by atoms with van der Waals surface area (Å²) in [6, 6.07) is 15.5. The van der Waals surface area contributed by atoms with Crippen LogP contribution in [0.4, 0.5) is 5.69 Å². The third kappa shape index (κ3) is 3.72. The monoisotopic (exact) mass is 404 g/mol. The maximum atomic E-state index is 12.7.